The maximum Gasteiger partial charge on any atom is 0.305 e. The largest absolute Gasteiger partial charge is 0.489 e. The first kappa shape index (κ1) is 14.2. The molecule has 0 radical (unpaired) electrons. The Morgan fingerprint density at radius 2 is 1.90 bits per heavy atom. The molecule has 0 heterocycles. The first-order chi connectivity index (χ1) is 9.47. The fraction of sp³-hybridized carbons (Fsp3) is 0.0769. The molecule has 0 aromatic heterocycles. The van der Waals surface area contributed by atoms with Crippen LogP contribution in [-0.2, 0) is 6.61 Å². The lowest BCUT2D eigenvalue weighted by Gasteiger charge is -2.07. The van der Waals surface area contributed by atoms with Crippen molar-refractivity contribution in [2.45, 2.75) is 6.61 Å². The first-order valence-corrected chi connectivity index (χ1v) is 5.86. The molecule has 2 rings (SSSR count). The highest BCUT2D eigenvalue weighted by Gasteiger charge is 2.14. The number of nitro benzene ring substituents is 1. The molecule has 0 bridgehead atoms. The smallest absolute Gasteiger partial charge is 0.305 e. The Morgan fingerprint density at radius 3 is 2.50 bits per heavy atom. The quantitative estimate of drug-likeness (QED) is 0.630. The number of nitrogens with zero attached hydrogens (tertiary/aromatic N) is 1. The number of nitro groups is 1. The maximum absolute atomic E-state index is 13.5. The minimum Gasteiger partial charge on any atom is -0.489 e. The second-order valence-corrected chi connectivity index (χ2v) is 4.33. The van der Waals surface area contributed by atoms with Gasteiger partial charge in [-0.05, 0) is 18.2 Å². The van der Waals surface area contributed by atoms with Gasteiger partial charge in [0.2, 0.25) is 5.82 Å². The van der Waals surface area contributed by atoms with E-state index in [1.54, 1.807) is 0 Å². The lowest BCUT2D eigenvalue weighted by atomic mass is 10.2. The summed E-state index contributed by atoms with van der Waals surface area (Å²) in [6, 6.07) is 7.19. The monoisotopic (exact) mass is 299 g/mol. The number of hydrogen-bond donors (Lipinski definition) is 0. The molecule has 0 amide bonds. The fourth-order valence-electron chi connectivity index (χ4n) is 1.53. The summed E-state index contributed by atoms with van der Waals surface area (Å²) in [6.45, 7) is -0.139. The third-order valence-corrected chi connectivity index (χ3v) is 2.76. The van der Waals surface area contributed by atoms with Crippen LogP contribution in [0.25, 0.3) is 0 Å². The first-order valence-electron chi connectivity index (χ1n) is 5.48. The van der Waals surface area contributed by atoms with Crippen LogP contribution in [0.2, 0.25) is 5.02 Å². The SMILES string of the molecule is O=[N+]([O-])c1ccc(OCc2ccc(Cl)cc2F)cc1F. The zero-order valence-electron chi connectivity index (χ0n) is 9.98. The second-order valence-electron chi connectivity index (χ2n) is 3.89. The van der Waals surface area contributed by atoms with E-state index in [9.17, 15) is 18.9 Å². The highest BCUT2D eigenvalue weighted by atomic mass is 35.5. The Bertz CT molecular complexity index is 664. The van der Waals surface area contributed by atoms with Crippen LogP contribution in [0.5, 0.6) is 5.75 Å². The van der Waals surface area contributed by atoms with E-state index in [0.29, 0.717) is 0 Å². The van der Waals surface area contributed by atoms with E-state index in [2.05, 4.69) is 0 Å². The molecule has 0 aliphatic rings. The van der Waals surface area contributed by atoms with Crippen molar-refractivity contribution in [2.24, 2.45) is 0 Å². The summed E-state index contributed by atoms with van der Waals surface area (Å²) in [5, 5.41) is 10.7. The topological polar surface area (TPSA) is 52.4 Å². The summed E-state index contributed by atoms with van der Waals surface area (Å²) in [7, 11) is 0. The van der Waals surface area contributed by atoms with Gasteiger partial charge >= 0.3 is 5.69 Å². The van der Waals surface area contributed by atoms with E-state index in [-0.39, 0.29) is 22.9 Å². The molecule has 0 N–H and O–H groups in total. The molecule has 0 spiro atoms. The average molecular weight is 300 g/mol. The summed E-state index contributed by atoms with van der Waals surface area (Å²) in [6.07, 6.45) is 0. The number of ether oxygens (including phenoxy) is 1. The maximum atomic E-state index is 13.5. The predicted molar refractivity (Wildman–Crippen MR) is 68.8 cm³/mol. The van der Waals surface area contributed by atoms with E-state index in [4.69, 9.17) is 16.3 Å². The summed E-state index contributed by atoms with van der Waals surface area (Å²) in [5.74, 6) is -1.48. The summed E-state index contributed by atoms with van der Waals surface area (Å²) in [4.78, 5) is 9.62. The fourth-order valence-corrected chi connectivity index (χ4v) is 1.68. The number of benzene rings is 2. The molecule has 0 aliphatic heterocycles. The molecule has 4 nitrogen and oxygen atoms in total. The molecule has 0 saturated carbocycles. The van der Waals surface area contributed by atoms with Crippen molar-refractivity contribution in [2.75, 3.05) is 0 Å². The van der Waals surface area contributed by atoms with Crippen molar-refractivity contribution >= 4 is 17.3 Å². The molecule has 0 aliphatic carbocycles. The van der Waals surface area contributed by atoms with Crippen molar-refractivity contribution < 1.29 is 18.4 Å². The third kappa shape index (κ3) is 3.21. The van der Waals surface area contributed by atoms with Gasteiger partial charge in [-0.3, -0.25) is 10.1 Å². The van der Waals surface area contributed by atoms with Crippen LogP contribution in [-0.4, -0.2) is 4.92 Å². The van der Waals surface area contributed by atoms with Gasteiger partial charge in [-0.1, -0.05) is 17.7 Å². The number of halogens is 3. The second kappa shape index (κ2) is 5.83. The zero-order valence-corrected chi connectivity index (χ0v) is 10.7. The van der Waals surface area contributed by atoms with Crippen LogP contribution in [0.1, 0.15) is 5.56 Å². The van der Waals surface area contributed by atoms with Crippen LogP contribution in [0, 0.1) is 21.7 Å². The molecule has 0 fully saturated rings. The van der Waals surface area contributed by atoms with Gasteiger partial charge in [0.25, 0.3) is 0 Å². The minimum atomic E-state index is -1.01. The molecule has 0 unspecified atom stereocenters. The normalized spacial score (nSPS) is 10.3. The highest BCUT2D eigenvalue weighted by Crippen LogP contribution is 2.23. The van der Waals surface area contributed by atoms with E-state index < -0.39 is 22.2 Å². The predicted octanol–water partition coefficient (Wildman–Crippen LogP) is 4.11. The molecule has 0 atom stereocenters. The van der Waals surface area contributed by atoms with Gasteiger partial charge in [0, 0.05) is 22.7 Å². The van der Waals surface area contributed by atoms with Crippen molar-refractivity contribution in [3.63, 3.8) is 0 Å². The number of rotatable bonds is 4. The van der Waals surface area contributed by atoms with Crippen molar-refractivity contribution in [1.29, 1.82) is 0 Å². The van der Waals surface area contributed by atoms with Gasteiger partial charge in [0.05, 0.1) is 4.92 Å². The van der Waals surface area contributed by atoms with E-state index in [0.717, 1.165) is 18.2 Å². The molecular formula is C13H8ClF2NO3. The Hall–Kier alpha value is -2.21. The van der Waals surface area contributed by atoms with Crippen molar-refractivity contribution in [1.82, 2.24) is 0 Å². The molecule has 0 saturated heterocycles. The summed E-state index contributed by atoms with van der Waals surface area (Å²) < 4.78 is 32.0. The minimum absolute atomic E-state index is 0.0717. The van der Waals surface area contributed by atoms with Gasteiger partial charge in [-0.15, -0.1) is 0 Å². The van der Waals surface area contributed by atoms with E-state index in [1.807, 2.05) is 0 Å². The molecule has 2 aromatic carbocycles. The van der Waals surface area contributed by atoms with Gasteiger partial charge in [0.15, 0.2) is 0 Å². The van der Waals surface area contributed by atoms with Crippen LogP contribution >= 0.6 is 11.6 Å². The Balaban J connectivity index is 2.11. The van der Waals surface area contributed by atoms with Crippen LogP contribution < -0.4 is 4.74 Å². The van der Waals surface area contributed by atoms with Crippen LogP contribution in [0.3, 0.4) is 0 Å². The lowest BCUT2D eigenvalue weighted by Crippen LogP contribution is -1.99. The van der Waals surface area contributed by atoms with E-state index >= 15 is 0 Å². The average Bonchev–Trinajstić information content (AvgIpc) is 2.37. The standard InChI is InChI=1S/C13H8ClF2NO3/c14-9-2-1-8(11(15)5-9)7-20-10-3-4-13(17(18)19)12(16)6-10/h1-6H,7H2. The van der Waals surface area contributed by atoms with E-state index in [1.165, 1.54) is 18.2 Å². The lowest BCUT2D eigenvalue weighted by molar-refractivity contribution is -0.387. The number of hydrogen-bond acceptors (Lipinski definition) is 3. The molecule has 7 heteroatoms. The van der Waals surface area contributed by atoms with Crippen LogP contribution in [0.15, 0.2) is 36.4 Å². The van der Waals surface area contributed by atoms with Gasteiger partial charge < -0.3 is 4.74 Å². The van der Waals surface area contributed by atoms with Gasteiger partial charge in [-0.25, -0.2) is 4.39 Å². The Labute approximate surface area is 117 Å². The third-order valence-electron chi connectivity index (χ3n) is 2.53. The highest BCUT2D eigenvalue weighted by molar-refractivity contribution is 6.30. The molecule has 2 aromatic rings. The molecular weight excluding hydrogens is 292 g/mol. The van der Waals surface area contributed by atoms with Crippen molar-refractivity contribution in [3.8, 4) is 5.75 Å². The Morgan fingerprint density at radius 1 is 1.15 bits per heavy atom. The van der Waals surface area contributed by atoms with Crippen LogP contribution in [0.4, 0.5) is 14.5 Å². The van der Waals surface area contributed by atoms with Gasteiger partial charge in [-0.2, -0.15) is 4.39 Å². The summed E-state index contributed by atoms with van der Waals surface area (Å²) >= 11 is 5.61. The molecule has 104 valence electrons. The molecule has 20 heavy (non-hydrogen) atoms. The van der Waals surface area contributed by atoms with Crippen molar-refractivity contribution in [3.05, 3.63) is 68.7 Å². The zero-order chi connectivity index (χ0) is 14.7. The van der Waals surface area contributed by atoms with Gasteiger partial charge in [0.1, 0.15) is 18.2 Å². The Kier molecular flexibility index (Phi) is 4.14. The summed E-state index contributed by atoms with van der Waals surface area (Å²) in [5.41, 5.74) is -0.400.